The van der Waals surface area contributed by atoms with Gasteiger partial charge in [0.1, 0.15) is 11.6 Å². The van der Waals surface area contributed by atoms with E-state index in [4.69, 9.17) is 0 Å². The van der Waals surface area contributed by atoms with Gasteiger partial charge in [0.25, 0.3) is 5.91 Å². The third kappa shape index (κ3) is 5.97. The highest BCUT2D eigenvalue weighted by Gasteiger charge is 2.17. The number of carbonyl (C=O) groups is 1. The van der Waals surface area contributed by atoms with Gasteiger partial charge in [-0.25, -0.2) is 0 Å². The first-order valence-electron chi connectivity index (χ1n) is 9.69. The summed E-state index contributed by atoms with van der Waals surface area (Å²) in [6.45, 7) is 4.92. The Kier molecular flexibility index (Phi) is 7.22. The van der Waals surface area contributed by atoms with Gasteiger partial charge in [0, 0.05) is 45.5 Å². The van der Waals surface area contributed by atoms with Crippen molar-refractivity contribution in [3.8, 4) is 6.07 Å². The molecular weight excluding hydrogens is 348 g/mol. The third-order valence-electron chi connectivity index (χ3n) is 4.87. The van der Waals surface area contributed by atoms with Crippen molar-refractivity contribution in [3.05, 3.63) is 83.6 Å². The van der Waals surface area contributed by atoms with Crippen molar-refractivity contribution < 1.29 is 4.79 Å². The molecule has 1 N–H and O–H groups in total. The molecule has 0 atom stereocenters. The maximum atomic E-state index is 12.3. The van der Waals surface area contributed by atoms with E-state index in [1.807, 2.05) is 42.5 Å². The lowest BCUT2D eigenvalue weighted by Gasteiger charge is -2.34. The molecule has 5 heteroatoms. The molecule has 0 bridgehead atoms. The van der Waals surface area contributed by atoms with E-state index in [2.05, 4.69) is 39.4 Å². The van der Waals surface area contributed by atoms with E-state index in [1.165, 1.54) is 11.1 Å². The molecule has 5 nitrogen and oxygen atoms in total. The summed E-state index contributed by atoms with van der Waals surface area (Å²) in [4.78, 5) is 16.8. The first-order chi connectivity index (χ1) is 13.7. The fourth-order valence-electron chi connectivity index (χ4n) is 3.27. The maximum absolute atomic E-state index is 12.3. The third-order valence-corrected chi connectivity index (χ3v) is 4.87. The number of nitrogens with zero attached hydrogens (tertiary/aromatic N) is 3. The predicted octanol–water partition coefficient (Wildman–Crippen LogP) is 2.57. The van der Waals surface area contributed by atoms with Crippen molar-refractivity contribution in [1.82, 2.24) is 15.1 Å². The number of nitriles is 1. The van der Waals surface area contributed by atoms with Crippen molar-refractivity contribution in [2.75, 3.05) is 32.7 Å². The summed E-state index contributed by atoms with van der Waals surface area (Å²) >= 11 is 0. The van der Waals surface area contributed by atoms with Gasteiger partial charge in [0.05, 0.1) is 0 Å². The minimum absolute atomic E-state index is 0.171. The van der Waals surface area contributed by atoms with Crippen molar-refractivity contribution in [3.63, 3.8) is 0 Å². The van der Waals surface area contributed by atoms with Crippen molar-refractivity contribution in [1.29, 1.82) is 5.26 Å². The van der Waals surface area contributed by atoms with Crippen LogP contribution in [0.3, 0.4) is 0 Å². The minimum Gasteiger partial charge on any atom is -0.374 e. The van der Waals surface area contributed by atoms with Crippen LogP contribution in [0.15, 0.2) is 72.4 Å². The molecule has 28 heavy (non-hydrogen) atoms. The fourth-order valence-corrected chi connectivity index (χ4v) is 3.27. The molecule has 1 aliphatic rings. The molecule has 0 aliphatic carbocycles. The normalized spacial score (nSPS) is 15.1. The van der Waals surface area contributed by atoms with E-state index in [0.717, 1.165) is 39.1 Å². The van der Waals surface area contributed by atoms with Gasteiger partial charge in [-0.15, -0.1) is 0 Å². The smallest absolute Gasteiger partial charge is 0.263 e. The Labute approximate surface area is 166 Å². The van der Waals surface area contributed by atoms with Crippen molar-refractivity contribution >= 4 is 5.91 Å². The van der Waals surface area contributed by atoms with Gasteiger partial charge in [-0.3, -0.25) is 9.69 Å². The standard InChI is InChI=1S/C23H26N4O/c24-17-22(23(28)25-12-11-20-7-3-1-4-8-20)19-27-15-13-26(14-16-27)18-21-9-5-2-6-10-21/h1-10,19H,11-16,18H2,(H,25,28)/b22-19-. The van der Waals surface area contributed by atoms with Gasteiger partial charge in [-0.2, -0.15) is 5.26 Å². The van der Waals surface area contributed by atoms with Crippen LogP contribution in [0.1, 0.15) is 11.1 Å². The number of benzene rings is 2. The molecule has 2 aromatic rings. The monoisotopic (exact) mass is 374 g/mol. The van der Waals surface area contributed by atoms with E-state index in [9.17, 15) is 10.1 Å². The second-order valence-electron chi connectivity index (χ2n) is 6.94. The number of amides is 1. The second kappa shape index (κ2) is 10.3. The Morgan fingerprint density at radius 1 is 0.964 bits per heavy atom. The van der Waals surface area contributed by atoms with Crippen LogP contribution in [-0.2, 0) is 17.8 Å². The van der Waals surface area contributed by atoms with E-state index in [1.54, 1.807) is 6.20 Å². The molecular formula is C23H26N4O. The van der Waals surface area contributed by atoms with Crippen LogP contribution in [0.25, 0.3) is 0 Å². The fraction of sp³-hybridized carbons (Fsp3) is 0.304. The van der Waals surface area contributed by atoms with Gasteiger partial charge in [0.15, 0.2) is 0 Å². The molecule has 144 valence electrons. The summed E-state index contributed by atoms with van der Waals surface area (Å²) in [5.74, 6) is -0.301. The highest BCUT2D eigenvalue weighted by atomic mass is 16.1. The van der Waals surface area contributed by atoms with Crippen LogP contribution < -0.4 is 5.32 Å². The molecule has 3 rings (SSSR count). The molecule has 0 spiro atoms. The van der Waals surface area contributed by atoms with Crippen LogP contribution in [0.5, 0.6) is 0 Å². The molecule has 1 aliphatic heterocycles. The summed E-state index contributed by atoms with van der Waals surface area (Å²) in [7, 11) is 0. The topological polar surface area (TPSA) is 59.4 Å². The molecule has 2 aromatic carbocycles. The molecule has 1 heterocycles. The van der Waals surface area contributed by atoms with Gasteiger partial charge in [-0.1, -0.05) is 60.7 Å². The Balaban J connectivity index is 1.45. The van der Waals surface area contributed by atoms with Crippen LogP contribution >= 0.6 is 0 Å². The first-order valence-corrected chi connectivity index (χ1v) is 9.69. The second-order valence-corrected chi connectivity index (χ2v) is 6.94. The molecule has 1 amide bonds. The van der Waals surface area contributed by atoms with Crippen LogP contribution in [0, 0.1) is 11.3 Å². The zero-order valence-corrected chi connectivity index (χ0v) is 16.1. The Hall–Kier alpha value is -3.10. The lowest BCUT2D eigenvalue weighted by atomic mass is 10.1. The molecule has 1 saturated heterocycles. The number of hydrogen-bond donors (Lipinski definition) is 1. The minimum atomic E-state index is -0.301. The van der Waals surface area contributed by atoms with Gasteiger partial charge in [0.2, 0.25) is 0 Å². The van der Waals surface area contributed by atoms with Crippen molar-refractivity contribution in [2.45, 2.75) is 13.0 Å². The summed E-state index contributed by atoms with van der Waals surface area (Å²) in [5, 5.41) is 12.2. The SMILES string of the molecule is N#C/C(=C/N1CCN(Cc2ccccc2)CC1)C(=O)NCCc1ccccc1. The molecule has 0 saturated carbocycles. The molecule has 0 radical (unpaired) electrons. The van der Waals surface area contributed by atoms with E-state index in [-0.39, 0.29) is 11.5 Å². The molecule has 0 aromatic heterocycles. The first kappa shape index (κ1) is 19.7. The summed E-state index contributed by atoms with van der Waals surface area (Å²) in [5.41, 5.74) is 2.64. The Morgan fingerprint density at radius 3 is 2.18 bits per heavy atom. The number of piperazine rings is 1. The van der Waals surface area contributed by atoms with Gasteiger partial charge < -0.3 is 10.2 Å². The summed E-state index contributed by atoms with van der Waals surface area (Å²) < 4.78 is 0. The van der Waals surface area contributed by atoms with E-state index in [0.29, 0.717) is 6.54 Å². The van der Waals surface area contributed by atoms with E-state index >= 15 is 0 Å². The zero-order valence-electron chi connectivity index (χ0n) is 16.1. The highest BCUT2D eigenvalue weighted by molar-refractivity contribution is 5.97. The lowest BCUT2D eigenvalue weighted by molar-refractivity contribution is -0.117. The highest BCUT2D eigenvalue weighted by Crippen LogP contribution is 2.10. The van der Waals surface area contributed by atoms with Crippen LogP contribution in [0.4, 0.5) is 0 Å². The van der Waals surface area contributed by atoms with Crippen LogP contribution in [-0.4, -0.2) is 48.4 Å². The molecule has 1 fully saturated rings. The van der Waals surface area contributed by atoms with Crippen LogP contribution in [0.2, 0.25) is 0 Å². The van der Waals surface area contributed by atoms with Crippen molar-refractivity contribution in [2.24, 2.45) is 0 Å². The average Bonchev–Trinajstić information content (AvgIpc) is 2.74. The lowest BCUT2D eigenvalue weighted by Crippen LogP contribution is -2.44. The summed E-state index contributed by atoms with van der Waals surface area (Å²) in [6.07, 6.45) is 2.46. The Bertz CT molecular complexity index is 819. The average molecular weight is 374 g/mol. The zero-order chi connectivity index (χ0) is 19.6. The number of rotatable bonds is 7. The van der Waals surface area contributed by atoms with Gasteiger partial charge >= 0.3 is 0 Å². The van der Waals surface area contributed by atoms with E-state index < -0.39 is 0 Å². The number of hydrogen-bond acceptors (Lipinski definition) is 4. The number of carbonyl (C=O) groups excluding carboxylic acids is 1. The quantitative estimate of drug-likeness (QED) is 0.598. The number of nitrogens with one attached hydrogen (secondary N) is 1. The Morgan fingerprint density at radius 2 is 1.57 bits per heavy atom. The maximum Gasteiger partial charge on any atom is 0.263 e. The predicted molar refractivity (Wildman–Crippen MR) is 110 cm³/mol. The largest absolute Gasteiger partial charge is 0.374 e. The summed E-state index contributed by atoms with van der Waals surface area (Å²) in [6, 6.07) is 22.5. The molecule has 0 unspecified atom stereocenters. The van der Waals surface area contributed by atoms with Gasteiger partial charge in [-0.05, 0) is 17.5 Å².